The van der Waals surface area contributed by atoms with E-state index in [0.29, 0.717) is 10.8 Å². The normalized spacial score (nSPS) is 36.4. The van der Waals surface area contributed by atoms with Crippen LogP contribution in [0.1, 0.15) is 66.2 Å². The molecule has 0 atom stereocenters. The molecule has 2 aliphatic carbocycles. The second kappa shape index (κ2) is 4.33. The van der Waals surface area contributed by atoms with Gasteiger partial charge < -0.3 is 5.32 Å². The summed E-state index contributed by atoms with van der Waals surface area (Å²) < 4.78 is 0. The zero-order chi connectivity index (χ0) is 11.8. The molecule has 94 valence electrons. The molecule has 0 aromatic rings. The molecule has 1 N–H and O–H groups in total. The summed E-state index contributed by atoms with van der Waals surface area (Å²) in [5.74, 6) is 0.946. The fraction of sp³-hybridized carbons (Fsp3) is 1.00. The number of rotatable bonds is 3. The van der Waals surface area contributed by atoms with Gasteiger partial charge in [-0.25, -0.2) is 0 Å². The Morgan fingerprint density at radius 1 is 1.06 bits per heavy atom. The Morgan fingerprint density at radius 3 is 2.06 bits per heavy atom. The third kappa shape index (κ3) is 3.23. The Balaban J connectivity index is 1.78. The predicted molar refractivity (Wildman–Crippen MR) is 70.5 cm³/mol. The number of hydrogen-bond donors (Lipinski definition) is 1. The van der Waals surface area contributed by atoms with Gasteiger partial charge >= 0.3 is 0 Å². The molecule has 2 rings (SSSR count). The average Bonchev–Trinajstić information content (AvgIpc) is 2.97. The molecule has 0 radical (unpaired) electrons. The van der Waals surface area contributed by atoms with Gasteiger partial charge in [-0.15, -0.1) is 0 Å². The highest BCUT2D eigenvalue weighted by Crippen LogP contribution is 2.45. The molecule has 1 nitrogen and oxygen atoms in total. The molecule has 1 heteroatoms. The van der Waals surface area contributed by atoms with Gasteiger partial charge in [0.1, 0.15) is 0 Å². The largest absolute Gasteiger partial charge is 0.313 e. The lowest BCUT2D eigenvalue weighted by Crippen LogP contribution is -2.38. The summed E-state index contributed by atoms with van der Waals surface area (Å²) in [6, 6.07) is 0.872. The Kier molecular flexibility index (Phi) is 3.36. The summed E-state index contributed by atoms with van der Waals surface area (Å²) in [4.78, 5) is 0. The van der Waals surface area contributed by atoms with E-state index in [1.54, 1.807) is 0 Å². The second-order valence-corrected chi connectivity index (χ2v) is 7.61. The highest BCUT2D eigenvalue weighted by Gasteiger charge is 2.36. The molecule has 2 saturated carbocycles. The zero-order valence-corrected chi connectivity index (χ0v) is 11.6. The van der Waals surface area contributed by atoms with Crippen LogP contribution in [0.2, 0.25) is 0 Å². The van der Waals surface area contributed by atoms with Crippen molar-refractivity contribution in [3.8, 4) is 0 Å². The number of nitrogens with one attached hydrogen (secondary N) is 1. The zero-order valence-electron chi connectivity index (χ0n) is 11.6. The first-order valence-electron chi connectivity index (χ1n) is 7.12. The minimum absolute atomic E-state index is 0.519. The molecule has 0 spiro atoms. The summed E-state index contributed by atoms with van der Waals surface area (Å²) in [5.41, 5.74) is 1.11. The van der Waals surface area contributed by atoms with E-state index in [9.17, 15) is 0 Å². The van der Waals surface area contributed by atoms with Crippen LogP contribution in [0.3, 0.4) is 0 Å². The molecular formula is C15H29N. The van der Waals surface area contributed by atoms with E-state index in [1.807, 2.05) is 0 Å². The molecule has 0 bridgehead atoms. The molecule has 0 saturated heterocycles. The lowest BCUT2D eigenvalue weighted by molar-refractivity contribution is 0.0984. The van der Waals surface area contributed by atoms with Gasteiger partial charge in [0.25, 0.3) is 0 Å². The van der Waals surface area contributed by atoms with Crippen LogP contribution in [0.5, 0.6) is 0 Å². The predicted octanol–water partition coefficient (Wildman–Crippen LogP) is 3.98. The van der Waals surface area contributed by atoms with Crippen LogP contribution >= 0.6 is 0 Å². The molecule has 0 heterocycles. The smallest absolute Gasteiger partial charge is 0.00684 e. The van der Waals surface area contributed by atoms with E-state index in [-0.39, 0.29) is 0 Å². The van der Waals surface area contributed by atoms with Gasteiger partial charge in [0.05, 0.1) is 0 Å². The van der Waals surface area contributed by atoms with Crippen molar-refractivity contribution in [2.75, 3.05) is 6.54 Å². The van der Waals surface area contributed by atoms with E-state index < -0.39 is 0 Å². The SMILES string of the molecule is CC1(CNC2CC2)CCC(C(C)(C)C)CC1. The highest BCUT2D eigenvalue weighted by atomic mass is 15.0. The van der Waals surface area contributed by atoms with Crippen molar-refractivity contribution in [1.29, 1.82) is 0 Å². The third-order valence-corrected chi connectivity index (χ3v) is 4.81. The van der Waals surface area contributed by atoms with Crippen LogP contribution in [-0.2, 0) is 0 Å². The fourth-order valence-corrected chi connectivity index (χ4v) is 3.04. The van der Waals surface area contributed by atoms with Crippen molar-refractivity contribution in [1.82, 2.24) is 5.32 Å². The third-order valence-electron chi connectivity index (χ3n) is 4.81. The van der Waals surface area contributed by atoms with Crippen LogP contribution in [0.25, 0.3) is 0 Å². The van der Waals surface area contributed by atoms with Crippen molar-refractivity contribution >= 4 is 0 Å². The van der Waals surface area contributed by atoms with E-state index in [0.717, 1.165) is 12.0 Å². The summed E-state index contributed by atoms with van der Waals surface area (Å²) in [5, 5.41) is 3.72. The molecule has 0 amide bonds. The van der Waals surface area contributed by atoms with Gasteiger partial charge in [-0.05, 0) is 55.3 Å². The molecule has 0 aliphatic heterocycles. The monoisotopic (exact) mass is 223 g/mol. The van der Waals surface area contributed by atoms with E-state index in [2.05, 4.69) is 33.0 Å². The van der Waals surface area contributed by atoms with Crippen LogP contribution in [-0.4, -0.2) is 12.6 Å². The highest BCUT2D eigenvalue weighted by molar-refractivity contribution is 4.90. The van der Waals surface area contributed by atoms with E-state index in [4.69, 9.17) is 0 Å². The standard InChI is InChI=1S/C15H29N/c1-14(2,3)12-7-9-15(4,10-8-12)11-16-13-5-6-13/h12-13,16H,5-11H2,1-4H3. The average molecular weight is 223 g/mol. The Bertz CT molecular complexity index is 226. The lowest BCUT2D eigenvalue weighted by atomic mass is 9.65. The Labute approximate surface area is 101 Å². The molecular weight excluding hydrogens is 194 g/mol. The Hall–Kier alpha value is -0.0400. The molecule has 0 aromatic heterocycles. The Morgan fingerprint density at radius 2 is 1.62 bits per heavy atom. The van der Waals surface area contributed by atoms with Gasteiger partial charge in [-0.3, -0.25) is 0 Å². The first-order valence-corrected chi connectivity index (χ1v) is 7.12. The summed E-state index contributed by atoms with van der Waals surface area (Å²) in [7, 11) is 0. The van der Waals surface area contributed by atoms with Crippen molar-refractivity contribution < 1.29 is 0 Å². The second-order valence-electron chi connectivity index (χ2n) is 7.61. The fourth-order valence-electron chi connectivity index (χ4n) is 3.04. The van der Waals surface area contributed by atoms with Gasteiger partial charge in [-0.1, -0.05) is 27.7 Å². The van der Waals surface area contributed by atoms with Crippen molar-refractivity contribution in [3.05, 3.63) is 0 Å². The summed E-state index contributed by atoms with van der Waals surface area (Å²) >= 11 is 0. The minimum atomic E-state index is 0.519. The first kappa shape index (κ1) is 12.4. The first-order chi connectivity index (χ1) is 7.39. The minimum Gasteiger partial charge on any atom is -0.313 e. The molecule has 0 aromatic carbocycles. The van der Waals surface area contributed by atoms with Crippen LogP contribution in [0.15, 0.2) is 0 Å². The number of hydrogen-bond acceptors (Lipinski definition) is 1. The van der Waals surface area contributed by atoms with Gasteiger partial charge in [0, 0.05) is 12.6 Å². The van der Waals surface area contributed by atoms with Crippen molar-refractivity contribution in [2.24, 2.45) is 16.7 Å². The topological polar surface area (TPSA) is 12.0 Å². The van der Waals surface area contributed by atoms with Crippen molar-refractivity contribution in [2.45, 2.75) is 72.3 Å². The van der Waals surface area contributed by atoms with Crippen LogP contribution in [0, 0.1) is 16.7 Å². The van der Waals surface area contributed by atoms with Gasteiger partial charge in [0.2, 0.25) is 0 Å². The van der Waals surface area contributed by atoms with Crippen LogP contribution < -0.4 is 5.32 Å². The van der Waals surface area contributed by atoms with E-state index >= 15 is 0 Å². The molecule has 16 heavy (non-hydrogen) atoms. The maximum atomic E-state index is 3.72. The van der Waals surface area contributed by atoms with Gasteiger partial charge in [0.15, 0.2) is 0 Å². The summed E-state index contributed by atoms with van der Waals surface area (Å²) in [6.07, 6.45) is 8.56. The molecule has 0 unspecified atom stereocenters. The van der Waals surface area contributed by atoms with Gasteiger partial charge in [-0.2, -0.15) is 0 Å². The maximum absolute atomic E-state index is 3.72. The summed E-state index contributed by atoms with van der Waals surface area (Å²) in [6.45, 7) is 11.0. The maximum Gasteiger partial charge on any atom is 0.00684 e. The molecule has 2 fully saturated rings. The van der Waals surface area contributed by atoms with Crippen molar-refractivity contribution in [3.63, 3.8) is 0 Å². The quantitative estimate of drug-likeness (QED) is 0.763. The van der Waals surface area contributed by atoms with E-state index in [1.165, 1.54) is 45.1 Å². The lowest BCUT2D eigenvalue weighted by Gasteiger charge is -2.42. The molecule has 2 aliphatic rings. The van der Waals surface area contributed by atoms with Crippen LogP contribution in [0.4, 0.5) is 0 Å².